The summed E-state index contributed by atoms with van der Waals surface area (Å²) in [4.78, 5) is 37.8. The van der Waals surface area contributed by atoms with Crippen molar-refractivity contribution >= 4 is 23.1 Å². The minimum absolute atomic E-state index is 0.124. The molecule has 0 saturated carbocycles. The van der Waals surface area contributed by atoms with Crippen LogP contribution in [0.1, 0.15) is 36.9 Å². The maximum atomic E-state index is 12.8. The van der Waals surface area contributed by atoms with Crippen LogP contribution in [0.4, 0.5) is 5.69 Å². The standard InChI is InChI=1S/C21H20N2O5/c1-2-3-13-22-18(15-11-7-8-12-16(15)23(27)28)17(20(25)21(22)26)19(24)14-9-5-4-6-10-14/h4-12,18,24H,2-3,13H2,1H3/t18-/m0/s1. The van der Waals surface area contributed by atoms with Crippen molar-refractivity contribution in [1.29, 1.82) is 0 Å². The van der Waals surface area contributed by atoms with Gasteiger partial charge < -0.3 is 10.0 Å². The molecule has 3 rings (SSSR count). The molecule has 1 aliphatic rings. The first-order valence-corrected chi connectivity index (χ1v) is 9.04. The van der Waals surface area contributed by atoms with Crippen molar-refractivity contribution in [2.75, 3.05) is 6.54 Å². The zero-order valence-electron chi connectivity index (χ0n) is 15.4. The normalized spacial score (nSPS) is 18.5. The second kappa shape index (κ2) is 8.04. The molecular formula is C21H20N2O5. The van der Waals surface area contributed by atoms with Gasteiger partial charge in [-0.2, -0.15) is 0 Å². The Kier molecular flexibility index (Phi) is 5.54. The third-order valence-corrected chi connectivity index (χ3v) is 4.77. The van der Waals surface area contributed by atoms with E-state index in [1.165, 1.54) is 23.1 Å². The highest BCUT2D eigenvalue weighted by molar-refractivity contribution is 6.46. The van der Waals surface area contributed by atoms with Crippen LogP contribution in [0.2, 0.25) is 0 Å². The molecule has 1 saturated heterocycles. The summed E-state index contributed by atoms with van der Waals surface area (Å²) >= 11 is 0. The van der Waals surface area contributed by atoms with Gasteiger partial charge in [-0.25, -0.2) is 0 Å². The van der Waals surface area contributed by atoms with E-state index in [1.54, 1.807) is 36.4 Å². The number of nitrogens with zero attached hydrogens (tertiary/aromatic N) is 2. The van der Waals surface area contributed by atoms with Crippen LogP contribution in [0.5, 0.6) is 0 Å². The predicted octanol–water partition coefficient (Wildman–Crippen LogP) is 3.82. The van der Waals surface area contributed by atoms with E-state index in [-0.39, 0.29) is 29.1 Å². The van der Waals surface area contributed by atoms with Crippen LogP contribution in [0.15, 0.2) is 60.2 Å². The Morgan fingerprint density at radius 1 is 1.11 bits per heavy atom. The molecule has 2 aromatic rings. The second-order valence-electron chi connectivity index (χ2n) is 6.53. The van der Waals surface area contributed by atoms with E-state index in [2.05, 4.69) is 0 Å². The predicted molar refractivity (Wildman–Crippen MR) is 103 cm³/mol. The molecule has 1 atom stereocenters. The summed E-state index contributed by atoms with van der Waals surface area (Å²) in [6.07, 6.45) is 1.42. The summed E-state index contributed by atoms with van der Waals surface area (Å²) in [5.74, 6) is -1.92. The van der Waals surface area contributed by atoms with E-state index >= 15 is 0 Å². The van der Waals surface area contributed by atoms with Gasteiger partial charge in [-0.3, -0.25) is 19.7 Å². The van der Waals surface area contributed by atoms with Gasteiger partial charge in [0, 0.05) is 18.2 Å². The van der Waals surface area contributed by atoms with Gasteiger partial charge >= 0.3 is 0 Å². The molecule has 1 aliphatic heterocycles. The molecule has 0 radical (unpaired) electrons. The first-order valence-electron chi connectivity index (χ1n) is 9.04. The van der Waals surface area contributed by atoms with Gasteiger partial charge in [-0.05, 0) is 12.5 Å². The average molecular weight is 380 g/mol. The van der Waals surface area contributed by atoms with Crippen LogP contribution in [0.3, 0.4) is 0 Å². The molecule has 7 nitrogen and oxygen atoms in total. The van der Waals surface area contributed by atoms with Crippen molar-refractivity contribution in [2.45, 2.75) is 25.8 Å². The lowest BCUT2D eigenvalue weighted by atomic mass is 9.94. The van der Waals surface area contributed by atoms with E-state index in [4.69, 9.17) is 0 Å². The fourth-order valence-electron chi connectivity index (χ4n) is 3.40. The third kappa shape index (κ3) is 3.38. The summed E-state index contributed by atoms with van der Waals surface area (Å²) in [6.45, 7) is 2.21. The quantitative estimate of drug-likeness (QED) is 0.270. The van der Waals surface area contributed by atoms with Crippen molar-refractivity contribution in [3.63, 3.8) is 0 Å². The van der Waals surface area contributed by atoms with Gasteiger partial charge in [-0.1, -0.05) is 55.8 Å². The zero-order valence-corrected chi connectivity index (χ0v) is 15.4. The second-order valence-corrected chi connectivity index (χ2v) is 6.53. The number of carbonyl (C=O) groups is 2. The Labute approximate surface area is 162 Å². The van der Waals surface area contributed by atoms with Crippen LogP contribution >= 0.6 is 0 Å². The molecule has 2 aromatic carbocycles. The zero-order chi connectivity index (χ0) is 20.3. The number of nitro groups is 1. The molecule has 0 bridgehead atoms. The van der Waals surface area contributed by atoms with Gasteiger partial charge in [0.25, 0.3) is 17.4 Å². The van der Waals surface area contributed by atoms with Gasteiger partial charge in [0.05, 0.1) is 22.1 Å². The number of rotatable bonds is 6. The van der Waals surface area contributed by atoms with Crippen molar-refractivity contribution in [2.24, 2.45) is 0 Å². The minimum Gasteiger partial charge on any atom is -0.507 e. The van der Waals surface area contributed by atoms with Crippen molar-refractivity contribution < 1.29 is 19.6 Å². The summed E-state index contributed by atoms with van der Waals surface area (Å²) in [6, 6.07) is 13.4. The number of para-hydroxylation sites is 1. The number of unbranched alkanes of at least 4 members (excludes halogenated alkanes) is 1. The van der Waals surface area contributed by atoms with Crippen LogP contribution in [-0.4, -0.2) is 33.2 Å². The first-order chi connectivity index (χ1) is 13.5. The van der Waals surface area contributed by atoms with E-state index in [9.17, 15) is 24.8 Å². The summed E-state index contributed by atoms with van der Waals surface area (Å²) in [7, 11) is 0. The number of ketones is 1. The number of hydrogen-bond donors (Lipinski definition) is 1. The lowest BCUT2D eigenvalue weighted by molar-refractivity contribution is -0.385. The molecule has 1 N–H and O–H groups in total. The molecule has 144 valence electrons. The van der Waals surface area contributed by atoms with E-state index in [1.807, 2.05) is 6.92 Å². The smallest absolute Gasteiger partial charge is 0.295 e. The fourth-order valence-corrected chi connectivity index (χ4v) is 3.40. The van der Waals surface area contributed by atoms with Crippen LogP contribution in [-0.2, 0) is 9.59 Å². The van der Waals surface area contributed by atoms with Gasteiger partial charge in [0.2, 0.25) is 0 Å². The summed E-state index contributed by atoms with van der Waals surface area (Å²) in [5.41, 5.74) is 0.260. The molecule has 0 aromatic heterocycles. The molecule has 7 heteroatoms. The maximum Gasteiger partial charge on any atom is 0.295 e. The molecule has 1 heterocycles. The molecule has 1 fully saturated rings. The highest BCUT2D eigenvalue weighted by Crippen LogP contribution is 2.42. The fraction of sp³-hybridized carbons (Fsp3) is 0.238. The number of aliphatic hydroxyl groups is 1. The summed E-state index contributed by atoms with van der Waals surface area (Å²) < 4.78 is 0. The van der Waals surface area contributed by atoms with Gasteiger partial charge in [0.15, 0.2) is 0 Å². The van der Waals surface area contributed by atoms with E-state index in [0.717, 1.165) is 6.42 Å². The Balaban J connectivity index is 2.24. The monoisotopic (exact) mass is 380 g/mol. The minimum atomic E-state index is -1.01. The number of amides is 1. The van der Waals surface area contributed by atoms with Gasteiger partial charge in [0.1, 0.15) is 5.76 Å². The first kappa shape index (κ1) is 19.3. The summed E-state index contributed by atoms with van der Waals surface area (Å²) in [5, 5.41) is 22.4. The molecular weight excluding hydrogens is 360 g/mol. The number of Topliss-reactive ketones (excluding diaryl/α,β-unsaturated/α-hetero) is 1. The largest absolute Gasteiger partial charge is 0.507 e. The van der Waals surface area contributed by atoms with Crippen LogP contribution in [0.25, 0.3) is 5.76 Å². The Bertz CT molecular complexity index is 952. The van der Waals surface area contributed by atoms with Crippen LogP contribution in [0, 0.1) is 10.1 Å². The average Bonchev–Trinajstić information content (AvgIpc) is 2.96. The van der Waals surface area contributed by atoms with Crippen molar-refractivity contribution in [3.05, 3.63) is 81.4 Å². The maximum absolute atomic E-state index is 12.8. The van der Waals surface area contributed by atoms with Crippen LogP contribution < -0.4 is 0 Å². The Morgan fingerprint density at radius 3 is 2.39 bits per heavy atom. The lowest BCUT2D eigenvalue weighted by Crippen LogP contribution is -2.30. The molecule has 0 spiro atoms. The number of carbonyl (C=O) groups excluding carboxylic acids is 2. The number of hydrogen-bond acceptors (Lipinski definition) is 5. The SMILES string of the molecule is CCCCN1C(=O)C(=O)C(=C(O)c2ccccc2)[C@@H]1c1ccccc1[N+](=O)[O-]. The molecule has 0 unspecified atom stereocenters. The number of likely N-dealkylation sites (tertiary alicyclic amines) is 1. The Morgan fingerprint density at radius 2 is 1.75 bits per heavy atom. The van der Waals surface area contributed by atoms with Crippen molar-refractivity contribution in [1.82, 2.24) is 4.90 Å². The highest BCUT2D eigenvalue weighted by atomic mass is 16.6. The third-order valence-electron chi connectivity index (χ3n) is 4.77. The van der Waals surface area contributed by atoms with E-state index in [0.29, 0.717) is 12.0 Å². The van der Waals surface area contributed by atoms with Crippen molar-refractivity contribution in [3.8, 4) is 0 Å². The topological polar surface area (TPSA) is 101 Å². The molecule has 0 aliphatic carbocycles. The molecule has 28 heavy (non-hydrogen) atoms. The highest BCUT2D eigenvalue weighted by Gasteiger charge is 2.47. The number of aliphatic hydroxyl groups excluding tert-OH is 1. The number of benzene rings is 2. The van der Waals surface area contributed by atoms with E-state index < -0.39 is 22.7 Å². The lowest BCUT2D eigenvalue weighted by Gasteiger charge is -2.25. The number of nitro benzene ring substituents is 1. The van der Waals surface area contributed by atoms with Gasteiger partial charge in [-0.15, -0.1) is 0 Å². The Hall–Kier alpha value is -3.48. The molecule has 1 amide bonds.